The Hall–Kier alpha value is -0.150. The van der Waals surface area contributed by atoms with Crippen LogP contribution in [0, 0.1) is 5.92 Å². The molecule has 0 heterocycles. The fourth-order valence-electron chi connectivity index (χ4n) is 1.10. The predicted octanol–water partition coefficient (Wildman–Crippen LogP) is 1.87. The van der Waals surface area contributed by atoms with Crippen molar-refractivity contribution in [2.24, 2.45) is 11.7 Å². The maximum atomic E-state index is 5.66. The Labute approximate surface area is 79.5 Å². The number of thiocarbonyl (C=S) groups is 1. The first kappa shape index (κ1) is 9.93. The third kappa shape index (κ3) is 4.02. The van der Waals surface area contributed by atoms with Crippen LogP contribution >= 0.6 is 12.2 Å². The lowest BCUT2D eigenvalue weighted by molar-refractivity contribution is 0.0486. The first-order valence-electron chi connectivity index (χ1n) is 4.62. The molecule has 0 radical (unpaired) electrons. The summed E-state index contributed by atoms with van der Waals surface area (Å²) in [6.45, 7) is 3.01. The standard InChI is InChI=1S/C9H17NOS/c1-2-8(5-9(10)12)11-6-7-3-4-7/h7-8H,2-6H2,1H3,(H2,10,12). The summed E-state index contributed by atoms with van der Waals surface area (Å²) in [7, 11) is 0. The highest BCUT2D eigenvalue weighted by Crippen LogP contribution is 2.29. The summed E-state index contributed by atoms with van der Waals surface area (Å²) in [5.74, 6) is 0.824. The lowest BCUT2D eigenvalue weighted by Crippen LogP contribution is -2.21. The van der Waals surface area contributed by atoms with Crippen molar-refractivity contribution in [3.8, 4) is 0 Å². The Morgan fingerprint density at radius 2 is 2.33 bits per heavy atom. The highest BCUT2D eigenvalue weighted by molar-refractivity contribution is 7.80. The molecule has 70 valence electrons. The normalized spacial score (nSPS) is 19.1. The molecule has 0 bridgehead atoms. The van der Waals surface area contributed by atoms with Gasteiger partial charge in [-0.15, -0.1) is 0 Å². The molecule has 1 fully saturated rings. The summed E-state index contributed by atoms with van der Waals surface area (Å²) >= 11 is 4.83. The SMILES string of the molecule is CCC(CC(N)=S)OCC1CC1. The van der Waals surface area contributed by atoms with Crippen molar-refractivity contribution >= 4 is 17.2 Å². The molecule has 0 spiro atoms. The Bertz CT molecular complexity index is 157. The van der Waals surface area contributed by atoms with Gasteiger partial charge in [0.2, 0.25) is 0 Å². The summed E-state index contributed by atoms with van der Waals surface area (Å²) in [6.07, 6.45) is 4.67. The topological polar surface area (TPSA) is 35.2 Å². The van der Waals surface area contributed by atoms with E-state index in [1.165, 1.54) is 12.8 Å². The molecule has 1 unspecified atom stereocenters. The molecule has 0 aromatic rings. The molecule has 0 aromatic carbocycles. The van der Waals surface area contributed by atoms with Gasteiger partial charge in [0.25, 0.3) is 0 Å². The van der Waals surface area contributed by atoms with Crippen LogP contribution in [0.3, 0.4) is 0 Å². The number of nitrogens with two attached hydrogens (primary N) is 1. The van der Waals surface area contributed by atoms with Gasteiger partial charge in [0, 0.05) is 13.0 Å². The molecule has 1 atom stereocenters. The van der Waals surface area contributed by atoms with E-state index >= 15 is 0 Å². The van der Waals surface area contributed by atoms with E-state index in [0.717, 1.165) is 25.4 Å². The molecule has 1 aliphatic rings. The zero-order valence-electron chi connectivity index (χ0n) is 7.58. The molecule has 1 aliphatic carbocycles. The highest BCUT2D eigenvalue weighted by atomic mass is 32.1. The van der Waals surface area contributed by atoms with E-state index in [0.29, 0.717) is 4.99 Å². The average Bonchev–Trinajstić information content (AvgIpc) is 2.80. The van der Waals surface area contributed by atoms with Crippen LogP contribution in [0.25, 0.3) is 0 Å². The minimum absolute atomic E-state index is 0.253. The van der Waals surface area contributed by atoms with E-state index < -0.39 is 0 Å². The number of rotatable bonds is 6. The van der Waals surface area contributed by atoms with Crippen LogP contribution in [0.4, 0.5) is 0 Å². The minimum atomic E-state index is 0.253. The van der Waals surface area contributed by atoms with E-state index in [9.17, 15) is 0 Å². The minimum Gasteiger partial charge on any atom is -0.393 e. The first-order chi connectivity index (χ1) is 5.72. The lowest BCUT2D eigenvalue weighted by atomic mass is 10.2. The molecule has 0 aromatic heterocycles. The molecule has 0 amide bonds. The Kier molecular flexibility index (Phi) is 3.95. The van der Waals surface area contributed by atoms with Crippen LogP contribution in [0.2, 0.25) is 0 Å². The maximum absolute atomic E-state index is 5.66. The number of hydrogen-bond donors (Lipinski definition) is 1. The zero-order valence-corrected chi connectivity index (χ0v) is 8.40. The van der Waals surface area contributed by atoms with Gasteiger partial charge in [0.05, 0.1) is 11.1 Å². The van der Waals surface area contributed by atoms with E-state index in [4.69, 9.17) is 22.7 Å². The molecule has 12 heavy (non-hydrogen) atoms. The van der Waals surface area contributed by atoms with E-state index in [1.807, 2.05) is 0 Å². The fraction of sp³-hybridized carbons (Fsp3) is 0.889. The second-order valence-corrected chi connectivity index (χ2v) is 4.00. The van der Waals surface area contributed by atoms with Gasteiger partial charge < -0.3 is 10.5 Å². The summed E-state index contributed by atoms with van der Waals surface area (Å²) in [5, 5.41) is 0. The van der Waals surface area contributed by atoms with Crippen LogP contribution in [-0.2, 0) is 4.74 Å². The van der Waals surface area contributed by atoms with E-state index in [-0.39, 0.29) is 6.10 Å². The molecule has 1 rings (SSSR count). The van der Waals surface area contributed by atoms with Gasteiger partial charge in [-0.2, -0.15) is 0 Å². The average molecular weight is 187 g/mol. The van der Waals surface area contributed by atoms with Gasteiger partial charge >= 0.3 is 0 Å². The monoisotopic (exact) mass is 187 g/mol. The summed E-state index contributed by atoms with van der Waals surface area (Å²) in [5.41, 5.74) is 5.44. The lowest BCUT2D eigenvalue weighted by Gasteiger charge is -2.14. The van der Waals surface area contributed by atoms with Crippen molar-refractivity contribution < 1.29 is 4.74 Å². The molecular formula is C9H17NOS. The Balaban J connectivity index is 2.10. The van der Waals surface area contributed by atoms with Crippen LogP contribution in [0.1, 0.15) is 32.6 Å². The molecular weight excluding hydrogens is 170 g/mol. The van der Waals surface area contributed by atoms with Gasteiger partial charge in [-0.05, 0) is 25.2 Å². The van der Waals surface area contributed by atoms with Crippen LogP contribution in [0.15, 0.2) is 0 Å². The van der Waals surface area contributed by atoms with Crippen LogP contribution < -0.4 is 5.73 Å². The molecule has 2 N–H and O–H groups in total. The second-order valence-electron chi connectivity index (χ2n) is 3.48. The van der Waals surface area contributed by atoms with E-state index in [2.05, 4.69) is 6.92 Å². The predicted molar refractivity (Wildman–Crippen MR) is 54.2 cm³/mol. The molecule has 0 saturated heterocycles. The highest BCUT2D eigenvalue weighted by Gasteiger charge is 2.22. The van der Waals surface area contributed by atoms with Gasteiger partial charge in [-0.25, -0.2) is 0 Å². The largest absolute Gasteiger partial charge is 0.393 e. The third-order valence-corrected chi connectivity index (χ3v) is 2.32. The van der Waals surface area contributed by atoms with Gasteiger partial charge in [0.1, 0.15) is 0 Å². The maximum Gasteiger partial charge on any atom is 0.0753 e. The quantitative estimate of drug-likeness (QED) is 0.645. The first-order valence-corrected chi connectivity index (χ1v) is 5.03. The molecule has 3 heteroatoms. The van der Waals surface area contributed by atoms with Crippen molar-refractivity contribution in [2.45, 2.75) is 38.7 Å². The molecule has 0 aliphatic heterocycles. The summed E-state index contributed by atoms with van der Waals surface area (Å²) in [4.78, 5) is 0.567. The number of ether oxygens (including phenoxy) is 1. The third-order valence-electron chi connectivity index (χ3n) is 2.15. The Morgan fingerprint density at radius 3 is 2.75 bits per heavy atom. The molecule has 1 saturated carbocycles. The summed E-state index contributed by atoms with van der Waals surface area (Å²) < 4.78 is 5.66. The second kappa shape index (κ2) is 4.77. The van der Waals surface area contributed by atoms with Crippen LogP contribution in [-0.4, -0.2) is 17.7 Å². The van der Waals surface area contributed by atoms with Crippen molar-refractivity contribution in [1.82, 2.24) is 0 Å². The van der Waals surface area contributed by atoms with E-state index in [1.54, 1.807) is 0 Å². The van der Waals surface area contributed by atoms with Crippen molar-refractivity contribution in [1.29, 1.82) is 0 Å². The van der Waals surface area contributed by atoms with Crippen molar-refractivity contribution in [3.63, 3.8) is 0 Å². The van der Waals surface area contributed by atoms with Gasteiger partial charge in [-0.3, -0.25) is 0 Å². The summed E-state index contributed by atoms with van der Waals surface area (Å²) in [6, 6.07) is 0. The van der Waals surface area contributed by atoms with Crippen LogP contribution in [0.5, 0.6) is 0 Å². The zero-order chi connectivity index (χ0) is 8.97. The smallest absolute Gasteiger partial charge is 0.0753 e. The molecule has 2 nitrogen and oxygen atoms in total. The van der Waals surface area contributed by atoms with Gasteiger partial charge in [0.15, 0.2) is 0 Å². The van der Waals surface area contributed by atoms with Crippen molar-refractivity contribution in [3.05, 3.63) is 0 Å². The Morgan fingerprint density at radius 1 is 1.67 bits per heavy atom. The fourth-order valence-corrected chi connectivity index (χ4v) is 1.29. The van der Waals surface area contributed by atoms with Gasteiger partial charge in [-0.1, -0.05) is 19.1 Å². The van der Waals surface area contributed by atoms with Crippen molar-refractivity contribution in [2.75, 3.05) is 6.61 Å². The number of hydrogen-bond acceptors (Lipinski definition) is 2.